The van der Waals surface area contributed by atoms with Crippen molar-refractivity contribution in [2.45, 2.75) is 12.1 Å². The lowest BCUT2D eigenvalue weighted by Gasteiger charge is -2.13. The second-order valence-corrected chi connectivity index (χ2v) is 8.68. The third-order valence-electron chi connectivity index (χ3n) is 4.62. The van der Waals surface area contributed by atoms with Crippen LogP contribution in [0.1, 0.15) is 5.56 Å². The Hall–Kier alpha value is -2.97. The van der Waals surface area contributed by atoms with E-state index in [4.69, 9.17) is 0 Å². The van der Waals surface area contributed by atoms with E-state index in [1.807, 2.05) is 25.1 Å². The highest BCUT2D eigenvalue weighted by molar-refractivity contribution is 9.10. The molecule has 1 N–H and O–H groups in total. The third-order valence-corrected chi connectivity index (χ3v) is 6.06. The fourth-order valence-corrected chi connectivity index (χ4v) is 4.40. The molecule has 5 nitrogen and oxygen atoms in total. The number of nitrogens with one attached hydrogen (secondary N) is 1. The minimum atomic E-state index is -0.399. The number of para-hydroxylation sites is 1. The van der Waals surface area contributed by atoms with Crippen molar-refractivity contribution >= 4 is 50.2 Å². The van der Waals surface area contributed by atoms with Gasteiger partial charge in [0.25, 0.3) is 5.56 Å². The Morgan fingerprint density at radius 2 is 1.87 bits per heavy atom. The molecule has 0 saturated heterocycles. The zero-order valence-electron chi connectivity index (χ0n) is 16.4. The van der Waals surface area contributed by atoms with Gasteiger partial charge in [0, 0.05) is 10.2 Å². The number of hydrogen-bond acceptors (Lipinski definition) is 4. The zero-order chi connectivity index (χ0) is 22.0. The lowest BCUT2D eigenvalue weighted by molar-refractivity contribution is -0.113. The van der Waals surface area contributed by atoms with Crippen molar-refractivity contribution in [2.75, 3.05) is 11.1 Å². The number of amides is 1. The summed E-state index contributed by atoms with van der Waals surface area (Å²) >= 11 is 4.55. The van der Waals surface area contributed by atoms with Crippen LogP contribution in [0.5, 0.6) is 0 Å². The number of nitrogens with zero attached hydrogens (tertiary/aromatic N) is 2. The first-order valence-electron chi connectivity index (χ1n) is 9.39. The van der Waals surface area contributed by atoms with Gasteiger partial charge in [-0.3, -0.25) is 14.2 Å². The molecule has 4 rings (SSSR count). The van der Waals surface area contributed by atoms with E-state index in [-0.39, 0.29) is 17.2 Å². The molecule has 1 aromatic heterocycles. The van der Waals surface area contributed by atoms with Crippen molar-refractivity contribution in [3.05, 3.63) is 92.9 Å². The first-order chi connectivity index (χ1) is 14.9. The van der Waals surface area contributed by atoms with Gasteiger partial charge in [-0.2, -0.15) is 0 Å². The molecule has 0 aliphatic heterocycles. The third kappa shape index (κ3) is 4.70. The van der Waals surface area contributed by atoms with Gasteiger partial charge in [0.2, 0.25) is 5.91 Å². The Morgan fingerprint density at radius 3 is 2.61 bits per heavy atom. The minimum absolute atomic E-state index is 0.0570. The number of fused-ring (bicyclic) bond motifs is 1. The van der Waals surface area contributed by atoms with Crippen LogP contribution in [0.25, 0.3) is 16.6 Å². The molecular weight excluding hydrogens is 481 g/mol. The Kier molecular flexibility index (Phi) is 6.20. The number of anilines is 1. The maximum atomic E-state index is 13.4. The predicted molar refractivity (Wildman–Crippen MR) is 126 cm³/mol. The van der Waals surface area contributed by atoms with E-state index in [1.165, 1.54) is 28.8 Å². The summed E-state index contributed by atoms with van der Waals surface area (Å²) in [4.78, 5) is 30.3. The molecular formula is C23H17BrFN3O2S. The highest BCUT2D eigenvalue weighted by Crippen LogP contribution is 2.23. The van der Waals surface area contributed by atoms with Crippen LogP contribution in [0.2, 0.25) is 0 Å². The van der Waals surface area contributed by atoms with Gasteiger partial charge >= 0.3 is 0 Å². The molecule has 31 heavy (non-hydrogen) atoms. The minimum Gasteiger partial charge on any atom is -0.325 e. The summed E-state index contributed by atoms with van der Waals surface area (Å²) in [5, 5.41) is 3.69. The van der Waals surface area contributed by atoms with Gasteiger partial charge in [0.05, 0.1) is 22.3 Å². The first kappa shape index (κ1) is 21.3. The SMILES string of the molecule is Cc1cc(Br)ccc1NC(=O)CSc1nc2ccccc2c(=O)n1-c1ccc(F)cc1. The van der Waals surface area contributed by atoms with Gasteiger partial charge in [0.1, 0.15) is 5.82 Å². The van der Waals surface area contributed by atoms with E-state index in [9.17, 15) is 14.0 Å². The molecule has 0 unspecified atom stereocenters. The Balaban J connectivity index is 1.66. The van der Waals surface area contributed by atoms with Crippen molar-refractivity contribution in [3.63, 3.8) is 0 Å². The van der Waals surface area contributed by atoms with Crippen molar-refractivity contribution in [1.82, 2.24) is 9.55 Å². The maximum absolute atomic E-state index is 13.4. The standard InChI is InChI=1S/C23H17BrFN3O2S/c1-14-12-15(24)6-11-19(14)26-21(29)13-31-23-27-20-5-3-2-4-18(20)22(30)28(23)17-9-7-16(25)8-10-17/h2-12H,13H2,1H3,(H,26,29). The van der Waals surface area contributed by atoms with E-state index >= 15 is 0 Å². The quantitative estimate of drug-likeness (QED) is 0.299. The summed E-state index contributed by atoms with van der Waals surface area (Å²) in [6.07, 6.45) is 0. The Morgan fingerprint density at radius 1 is 1.13 bits per heavy atom. The van der Waals surface area contributed by atoms with Gasteiger partial charge in [-0.25, -0.2) is 9.37 Å². The van der Waals surface area contributed by atoms with E-state index in [1.54, 1.807) is 24.3 Å². The van der Waals surface area contributed by atoms with Gasteiger partial charge in [0.15, 0.2) is 5.16 Å². The molecule has 0 saturated carbocycles. The molecule has 0 aliphatic rings. The summed E-state index contributed by atoms with van der Waals surface area (Å²) in [6, 6.07) is 18.2. The summed E-state index contributed by atoms with van der Waals surface area (Å²) in [6.45, 7) is 1.91. The molecule has 1 amide bonds. The molecule has 4 aromatic rings. The monoisotopic (exact) mass is 497 g/mol. The second-order valence-electron chi connectivity index (χ2n) is 6.82. The van der Waals surface area contributed by atoms with Crippen molar-refractivity contribution in [2.24, 2.45) is 0 Å². The number of hydrogen-bond donors (Lipinski definition) is 1. The molecule has 3 aromatic carbocycles. The molecule has 0 radical (unpaired) electrons. The smallest absolute Gasteiger partial charge is 0.266 e. The predicted octanol–water partition coefficient (Wildman–Crippen LogP) is 5.33. The van der Waals surface area contributed by atoms with Crippen molar-refractivity contribution < 1.29 is 9.18 Å². The van der Waals surface area contributed by atoms with Crippen LogP contribution < -0.4 is 10.9 Å². The van der Waals surface area contributed by atoms with Crippen LogP contribution in [-0.4, -0.2) is 21.2 Å². The fourth-order valence-electron chi connectivity index (χ4n) is 3.11. The molecule has 0 aliphatic carbocycles. The average molecular weight is 498 g/mol. The summed E-state index contributed by atoms with van der Waals surface area (Å²) in [5.74, 6) is -0.561. The second kappa shape index (κ2) is 9.03. The molecule has 0 fully saturated rings. The van der Waals surface area contributed by atoms with Crippen molar-refractivity contribution in [1.29, 1.82) is 0 Å². The van der Waals surface area contributed by atoms with E-state index in [0.717, 1.165) is 27.5 Å². The van der Waals surface area contributed by atoms with Gasteiger partial charge in [-0.15, -0.1) is 0 Å². The van der Waals surface area contributed by atoms with E-state index < -0.39 is 5.82 Å². The van der Waals surface area contributed by atoms with Gasteiger partial charge in [-0.05, 0) is 67.1 Å². The summed E-state index contributed by atoms with van der Waals surface area (Å²) in [7, 11) is 0. The maximum Gasteiger partial charge on any atom is 0.266 e. The van der Waals surface area contributed by atoms with Crippen LogP contribution >= 0.6 is 27.7 Å². The molecule has 0 spiro atoms. The number of rotatable bonds is 5. The molecule has 8 heteroatoms. The van der Waals surface area contributed by atoms with Crippen LogP contribution in [-0.2, 0) is 4.79 Å². The number of thioether (sulfide) groups is 1. The number of carbonyl (C=O) groups excluding carboxylic acids is 1. The molecule has 0 bridgehead atoms. The average Bonchev–Trinajstić information content (AvgIpc) is 2.75. The highest BCUT2D eigenvalue weighted by Gasteiger charge is 2.15. The first-order valence-corrected chi connectivity index (χ1v) is 11.2. The molecule has 1 heterocycles. The highest BCUT2D eigenvalue weighted by atomic mass is 79.9. The summed E-state index contributed by atoms with van der Waals surface area (Å²) < 4.78 is 15.7. The summed E-state index contributed by atoms with van der Waals surface area (Å²) in [5.41, 5.74) is 2.40. The number of carbonyl (C=O) groups is 1. The van der Waals surface area contributed by atoms with Gasteiger partial charge in [-0.1, -0.05) is 39.8 Å². The Labute approximate surface area is 190 Å². The number of aromatic nitrogens is 2. The molecule has 0 atom stereocenters. The van der Waals surface area contributed by atoms with E-state index in [0.29, 0.717) is 21.7 Å². The van der Waals surface area contributed by atoms with Crippen LogP contribution in [0, 0.1) is 12.7 Å². The number of benzene rings is 3. The topological polar surface area (TPSA) is 64.0 Å². The number of halogens is 2. The van der Waals surface area contributed by atoms with Crippen LogP contribution in [0.15, 0.2) is 81.2 Å². The molecule has 156 valence electrons. The van der Waals surface area contributed by atoms with Crippen LogP contribution in [0.4, 0.5) is 10.1 Å². The van der Waals surface area contributed by atoms with Crippen LogP contribution in [0.3, 0.4) is 0 Å². The Bertz CT molecular complexity index is 1340. The van der Waals surface area contributed by atoms with E-state index in [2.05, 4.69) is 26.2 Å². The number of aryl methyl sites for hydroxylation is 1. The largest absolute Gasteiger partial charge is 0.325 e. The lowest BCUT2D eigenvalue weighted by Crippen LogP contribution is -2.23. The van der Waals surface area contributed by atoms with Gasteiger partial charge < -0.3 is 5.32 Å². The van der Waals surface area contributed by atoms with Crippen molar-refractivity contribution in [3.8, 4) is 5.69 Å². The normalized spacial score (nSPS) is 10.9. The lowest BCUT2D eigenvalue weighted by atomic mass is 10.2. The zero-order valence-corrected chi connectivity index (χ0v) is 18.8. The fraction of sp³-hybridized carbons (Fsp3) is 0.0870.